The number of nitrogens with zero attached hydrogens (tertiary/aromatic N) is 1. The number of carbonyl (C=O) groups excluding carboxylic acids is 3. The number of amides is 3. The summed E-state index contributed by atoms with van der Waals surface area (Å²) in [6, 6.07) is 25.7. The summed E-state index contributed by atoms with van der Waals surface area (Å²) >= 11 is 7.10. The minimum absolute atomic E-state index is 0.206. The summed E-state index contributed by atoms with van der Waals surface area (Å²) in [6.45, 7) is 2.24. The molecule has 1 aliphatic rings. The van der Waals surface area contributed by atoms with Crippen molar-refractivity contribution in [3.8, 4) is 11.5 Å². The fraction of sp³-hybridized carbons (Fsp3) is 0.129. The number of nitrogens with one attached hydrogen (secondary N) is 1. The monoisotopic (exact) mass is 572 g/mol. The van der Waals surface area contributed by atoms with Crippen LogP contribution in [0.25, 0.3) is 16.8 Å². The van der Waals surface area contributed by atoms with E-state index in [2.05, 4.69) is 5.32 Å². The molecule has 1 saturated heterocycles. The van der Waals surface area contributed by atoms with E-state index in [0.717, 1.165) is 33.0 Å². The van der Waals surface area contributed by atoms with Gasteiger partial charge in [-0.1, -0.05) is 60.1 Å². The highest BCUT2D eigenvalue weighted by molar-refractivity contribution is 8.18. The topological polar surface area (TPSA) is 84.9 Å². The summed E-state index contributed by atoms with van der Waals surface area (Å²) in [5.41, 5.74) is 2.02. The Morgan fingerprint density at radius 2 is 1.70 bits per heavy atom. The lowest BCUT2D eigenvalue weighted by Gasteiger charge is -2.14. The Labute approximate surface area is 240 Å². The summed E-state index contributed by atoms with van der Waals surface area (Å²) in [7, 11) is 0. The van der Waals surface area contributed by atoms with Crippen LogP contribution in [0.15, 0.2) is 89.8 Å². The van der Waals surface area contributed by atoms with E-state index in [1.54, 1.807) is 36.4 Å². The Morgan fingerprint density at radius 3 is 2.48 bits per heavy atom. The van der Waals surface area contributed by atoms with Gasteiger partial charge in [0.1, 0.15) is 24.7 Å². The predicted molar refractivity (Wildman–Crippen MR) is 159 cm³/mol. The number of imide groups is 1. The average Bonchev–Trinajstić information content (AvgIpc) is 3.21. The van der Waals surface area contributed by atoms with Crippen LogP contribution in [0.2, 0.25) is 5.02 Å². The van der Waals surface area contributed by atoms with Crippen molar-refractivity contribution in [3.05, 3.63) is 106 Å². The second-order valence-corrected chi connectivity index (χ2v) is 10.3. The number of hydrogen-bond acceptors (Lipinski definition) is 6. The van der Waals surface area contributed by atoms with E-state index < -0.39 is 23.6 Å². The van der Waals surface area contributed by atoms with Crippen LogP contribution in [-0.2, 0) is 16.2 Å². The summed E-state index contributed by atoms with van der Waals surface area (Å²) in [5, 5.41) is 4.60. The maximum atomic E-state index is 13.3. The highest BCUT2D eigenvalue weighted by atomic mass is 35.5. The van der Waals surface area contributed by atoms with Gasteiger partial charge in [0.2, 0.25) is 5.91 Å². The lowest BCUT2D eigenvalue weighted by molar-refractivity contribution is -0.127. The lowest BCUT2D eigenvalue weighted by Crippen LogP contribution is -2.36. The molecule has 0 radical (unpaired) electrons. The molecule has 7 nitrogen and oxygen atoms in total. The van der Waals surface area contributed by atoms with Gasteiger partial charge in [-0.15, -0.1) is 0 Å². The third kappa shape index (κ3) is 6.14. The van der Waals surface area contributed by atoms with E-state index in [-0.39, 0.29) is 11.5 Å². The standard InChI is InChI=1S/C31H25ClN2O5S/c1-2-38-23-14-12-22(13-15-23)33-29(35)18-34-30(36)28(40-31(34)37)17-25-24-9-5-3-7-20(24)11-16-27(25)39-19-21-8-4-6-10-26(21)32/h3-17H,2,18-19H2,1H3,(H,33,35)/b28-17+. The molecule has 4 aromatic rings. The number of thioether (sulfide) groups is 1. The minimum Gasteiger partial charge on any atom is -0.494 e. The van der Waals surface area contributed by atoms with Crippen molar-refractivity contribution in [2.45, 2.75) is 13.5 Å². The van der Waals surface area contributed by atoms with Crippen molar-refractivity contribution < 1.29 is 23.9 Å². The molecule has 1 N–H and O–H groups in total. The second kappa shape index (κ2) is 12.3. The van der Waals surface area contributed by atoms with Gasteiger partial charge < -0.3 is 14.8 Å². The average molecular weight is 573 g/mol. The first-order chi connectivity index (χ1) is 19.4. The van der Waals surface area contributed by atoms with Crippen LogP contribution in [0.4, 0.5) is 10.5 Å². The molecule has 0 unspecified atom stereocenters. The van der Waals surface area contributed by atoms with Crippen molar-refractivity contribution >= 4 is 63.0 Å². The number of hydrogen-bond donors (Lipinski definition) is 1. The molecule has 0 bridgehead atoms. The highest BCUT2D eigenvalue weighted by Crippen LogP contribution is 2.37. The molecular formula is C31H25ClN2O5S. The van der Waals surface area contributed by atoms with Crippen molar-refractivity contribution in [1.29, 1.82) is 0 Å². The van der Waals surface area contributed by atoms with Gasteiger partial charge in [-0.25, -0.2) is 0 Å². The molecule has 1 aliphatic heterocycles. The Kier molecular flexibility index (Phi) is 8.38. The molecule has 4 aromatic carbocycles. The molecule has 1 fully saturated rings. The van der Waals surface area contributed by atoms with Gasteiger partial charge in [-0.05, 0) is 71.9 Å². The fourth-order valence-corrected chi connectivity index (χ4v) is 5.24. The zero-order chi connectivity index (χ0) is 28.1. The SMILES string of the molecule is CCOc1ccc(NC(=O)CN2C(=O)S/C(=C/c3c(OCc4ccccc4Cl)ccc4ccccc34)C2=O)cc1. The smallest absolute Gasteiger partial charge is 0.294 e. The van der Waals surface area contributed by atoms with Crippen LogP contribution in [0.3, 0.4) is 0 Å². The number of carbonyl (C=O) groups is 3. The molecule has 40 heavy (non-hydrogen) atoms. The van der Waals surface area contributed by atoms with Gasteiger partial charge in [0.05, 0.1) is 11.5 Å². The fourth-order valence-electron chi connectivity index (χ4n) is 4.23. The van der Waals surface area contributed by atoms with Crippen LogP contribution in [0, 0.1) is 0 Å². The number of anilines is 1. The van der Waals surface area contributed by atoms with Crippen LogP contribution < -0.4 is 14.8 Å². The van der Waals surface area contributed by atoms with E-state index in [1.807, 2.05) is 61.5 Å². The first-order valence-electron chi connectivity index (χ1n) is 12.6. The summed E-state index contributed by atoms with van der Waals surface area (Å²) in [4.78, 5) is 39.8. The number of fused-ring (bicyclic) bond motifs is 1. The molecule has 0 spiro atoms. The van der Waals surface area contributed by atoms with Gasteiger partial charge >= 0.3 is 0 Å². The first kappa shape index (κ1) is 27.3. The second-order valence-electron chi connectivity index (χ2n) is 8.85. The van der Waals surface area contributed by atoms with Crippen molar-refractivity contribution in [2.75, 3.05) is 18.5 Å². The Morgan fingerprint density at radius 1 is 0.950 bits per heavy atom. The van der Waals surface area contributed by atoms with Crippen molar-refractivity contribution in [2.24, 2.45) is 0 Å². The molecular weight excluding hydrogens is 548 g/mol. The molecule has 0 atom stereocenters. The lowest BCUT2D eigenvalue weighted by atomic mass is 10.0. The van der Waals surface area contributed by atoms with E-state index >= 15 is 0 Å². The molecule has 0 aliphatic carbocycles. The minimum atomic E-state index is -0.540. The van der Waals surface area contributed by atoms with Crippen molar-refractivity contribution in [3.63, 3.8) is 0 Å². The van der Waals surface area contributed by atoms with Crippen LogP contribution in [0.5, 0.6) is 11.5 Å². The molecule has 9 heteroatoms. The van der Waals surface area contributed by atoms with Gasteiger partial charge in [-0.2, -0.15) is 0 Å². The van der Waals surface area contributed by atoms with Gasteiger partial charge in [0.15, 0.2) is 0 Å². The number of halogens is 1. The Hall–Kier alpha value is -4.27. The van der Waals surface area contributed by atoms with Crippen LogP contribution >= 0.6 is 23.4 Å². The largest absolute Gasteiger partial charge is 0.494 e. The van der Waals surface area contributed by atoms with E-state index in [0.29, 0.717) is 34.4 Å². The van der Waals surface area contributed by atoms with Crippen LogP contribution in [-0.4, -0.2) is 35.1 Å². The zero-order valence-corrected chi connectivity index (χ0v) is 23.1. The summed E-state index contributed by atoms with van der Waals surface area (Å²) in [5.74, 6) is 0.197. The number of ether oxygens (including phenoxy) is 2. The number of benzene rings is 4. The van der Waals surface area contributed by atoms with Crippen LogP contribution in [0.1, 0.15) is 18.1 Å². The Bertz CT molecular complexity index is 1620. The molecule has 1 heterocycles. The Balaban J connectivity index is 1.36. The number of rotatable bonds is 9. The van der Waals surface area contributed by atoms with Gasteiger partial charge in [0.25, 0.3) is 11.1 Å². The van der Waals surface area contributed by atoms with Gasteiger partial charge in [-0.3, -0.25) is 19.3 Å². The quantitative estimate of drug-likeness (QED) is 0.214. The molecule has 5 rings (SSSR count). The van der Waals surface area contributed by atoms with Crippen molar-refractivity contribution in [1.82, 2.24) is 4.90 Å². The van der Waals surface area contributed by atoms with E-state index in [9.17, 15) is 14.4 Å². The predicted octanol–water partition coefficient (Wildman–Crippen LogP) is 7.15. The summed E-state index contributed by atoms with van der Waals surface area (Å²) < 4.78 is 11.6. The normalized spacial score (nSPS) is 14.2. The third-order valence-corrected chi connectivity index (χ3v) is 7.45. The molecule has 0 saturated carbocycles. The molecule has 0 aromatic heterocycles. The third-order valence-electron chi connectivity index (χ3n) is 6.17. The van der Waals surface area contributed by atoms with E-state index in [1.165, 1.54) is 0 Å². The molecule has 3 amide bonds. The maximum Gasteiger partial charge on any atom is 0.294 e. The highest BCUT2D eigenvalue weighted by Gasteiger charge is 2.36. The molecule has 202 valence electrons. The summed E-state index contributed by atoms with van der Waals surface area (Å²) in [6.07, 6.45) is 1.65. The maximum absolute atomic E-state index is 13.3. The van der Waals surface area contributed by atoms with Gasteiger partial charge in [0, 0.05) is 21.8 Å². The zero-order valence-electron chi connectivity index (χ0n) is 21.6. The van der Waals surface area contributed by atoms with E-state index in [4.69, 9.17) is 21.1 Å². The first-order valence-corrected chi connectivity index (χ1v) is 13.8.